The summed E-state index contributed by atoms with van der Waals surface area (Å²) in [5.41, 5.74) is 0. The molecule has 2 atom stereocenters. The molecule has 1 rings (SSSR count). The van der Waals surface area contributed by atoms with Crippen LogP contribution in [0.25, 0.3) is 0 Å². The molecule has 2 heteroatoms. The van der Waals surface area contributed by atoms with Crippen LogP contribution >= 0.6 is 0 Å². The number of aliphatic hydroxyl groups excluding tert-OH is 1. The highest BCUT2D eigenvalue weighted by Gasteiger charge is 2.31. The van der Waals surface area contributed by atoms with Gasteiger partial charge in [-0.05, 0) is 25.8 Å². The van der Waals surface area contributed by atoms with E-state index in [1.54, 1.807) is 0 Å². The Morgan fingerprint density at radius 2 is 2.18 bits per heavy atom. The minimum absolute atomic E-state index is 0.295. The number of rotatable bonds is 4. The number of hydrogen-bond donors (Lipinski definition) is 1. The first-order chi connectivity index (χ1) is 5.29. The SMILES string of the molecule is CCC1CCC1N(C)CCO. The van der Waals surface area contributed by atoms with Gasteiger partial charge in [0, 0.05) is 12.6 Å². The third-order valence-corrected chi connectivity index (χ3v) is 2.92. The molecule has 1 aliphatic carbocycles. The van der Waals surface area contributed by atoms with Crippen LogP contribution in [0.15, 0.2) is 0 Å². The molecule has 0 aromatic rings. The highest BCUT2D eigenvalue weighted by molar-refractivity contribution is 4.86. The molecule has 0 amide bonds. The van der Waals surface area contributed by atoms with E-state index in [0.717, 1.165) is 18.5 Å². The van der Waals surface area contributed by atoms with Crippen molar-refractivity contribution < 1.29 is 5.11 Å². The van der Waals surface area contributed by atoms with Crippen LogP contribution < -0.4 is 0 Å². The Labute approximate surface area is 69.2 Å². The molecule has 66 valence electrons. The average Bonchev–Trinajstić information content (AvgIpc) is 1.86. The fraction of sp³-hybridized carbons (Fsp3) is 1.00. The van der Waals surface area contributed by atoms with Gasteiger partial charge in [-0.3, -0.25) is 0 Å². The van der Waals surface area contributed by atoms with E-state index in [4.69, 9.17) is 5.11 Å². The Kier molecular flexibility index (Phi) is 3.34. The fourth-order valence-corrected chi connectivity index (χ4v) is 1.93. The quantitative estimate of drug-likeness (QED) is 0.660. The predicted molar refractivity (Wildman–Crippen MR) is 46.5 cm³/mol. The molecule has 1 saturated carbocycles. The van der Waals surface area contributed by atoms with Crippen LogP contribution in [0, 0.1) is 5.92 Å². The van der Waals surface area contributed by atoms with Crippen LogP contribution in [0.3, 0.4) is 0 Å². The minimum atomic E-state index is 0.295. The largest absolute Gasteiger partial charge is 0.395 e. The average molecular weight is 157 g/mol. The van der Waals surface area contributed by atoms with E-state index in [2.05, 4.69) is 18.9 Å². The van der Waals surface area contributed by atoms with Crippen molar-refractivity contribution in [2.75, 3.05) is 20.2 Å². The molecular formula is C9H19NO. The first kappa shape index (κ1) is 9.01. The summed E-state index contributed by atoms with van der Waals surface area (Å²) in [6, 6.07) is 0.757. The summed E-state index contributed by atoms with van der Waals surface area (Å²) in [5.74, 6) is 0.895. The van der Waals surface area contributed by atoms with Gasteiger partial charge >= 0.3 is 0 Å². The van der Waals surface area contributed by atoms with Gasteiger partial charge in [0.2, 0.25) is 0 Å². The Balaban J connectivity index is 2.24. The topological polar surface area (TPSA) is 23.5 Å². The van der Waals surface area contributed by atoms with Gasteiger partial charge in [-0.2, -0.15) is 0 Å². The summed E-state index contributed by atoms with van der Waals surface area (Å²) >= 11 is 0. The van der Waals surface area contributed by atoms with Crippen molar-refractivity contribution in [3.63, 3.8) is 0 Å². The van der Waals surface area contributed by atoms with Crippen molar-refractivity contribution in [3.05, 3.63) is 0 Å². The number of hydrogen-bond acceptors (Lipinski definition) is 2. The zero-order chi connectivity index (χ0) is 8.27. The van der Waals surface area contributed by atoms with E-state index in [0.29, 0.717) is 6.61 Å². The summed E-state index contributed by atoms with van der Waals surface area (Å²) < 4.78 is 0. The lowest BCUT2D eigenvalue weighted by molar-refractivity contribution is 0.0672. The third kappa shape index (κ3) is 1.94. The van der Waals surface area contributed by atoms with Crippen molar-refractivity contribution in [1.82, 2.24) is 4.90 Å². The highest BCUT2D eigenvalue weighted by Crippen LogP contribution is 2.33. The predicted octanol–water partition coefficient (Wildman–Crippen LogP) is 1.10. The monoisotopic (exact) mass is 157 g/mol. The zero-order valence-electron chi connectivity index (χ0n) is 7.58. The molecule has 0 spiro atoms. The van der Waals surface area contributed by atoms with Gasteiger partial charge in [-0.15, -0.1) is 0 Å². The van der Waals surface area contributed by atoms with E-state index >= 15 is 0 Å². The van der Waals surface area contributed by atoms with Crippen LogP contribution in [0.5, 0.6) is 0 Å². The summed E-state index contributed by atoms with van der Waals surface area (Å²) in [4.78, 5) is 2.29. The molecule has 0 radical (unpaired) electrons. The van der Waals surface area contributed by atoms with E-state index in [9.17, 15) is 0 Å². The molecule has 11 heavy (non-hydrogen) atoms. The maximum atomic E-state index is 8.72. The van der Waals surface area contributed by atoms with E-state index in [1.165, 1.54) is 19.3 Å². The second-order valence-electron chi connectivity index (χ2n) is 3.52. The molecule has 1 aliphatic rings. The van der Waals surface area contributed by atoms with Gasteiger partial charge in [0.25, 0.3) is 0 Å². The molecule has 2 unspecified atom stereocenters. The fourth-order valence-electron chi connectivity index (χ4n) is 1.93. The first-order valence-electron chi connectivity index (χ1n) is 4.60. The lowest BCUT2D eigenvalue weighted by Gasteiger charge is -2.42. The number of likely N-dealkylation sites (N-methyl/N-ethyl adjacent to an activating group) is 1. The van der Waals surface area contributed by atoms with E-state index in [-0.39, 0.29) is 0 Å². The van der Waals surface area contributed by atoms with Crippen LogP contribution in [-0.2, 0) is 0 Å². The molecule has 1 fully saturated rings. The summed E-state index contributed by atoms with van der Waals surface area (Å²) in [6.07, 6.45) is 4.01. The second-order valence-corrected chi connectivity index (χ2v) is 3.52. The second kappa shape index (κ2) is 4.07. The van der Waals surface area contributed by atoms with Crippen molar-refractivity contribution >= 4 is 0 Å². The molecular weight excluding hydrogens is 138 g/mol. The summed E-state index contributed by atoms with van der Waals surface area (Å²) in [7, 11) is 2.11. The lowest BCUT2D eigenvalue weighted by Crippen LogP contribution is -2.45. The summed E-state index contributed by atoms with van der Waals surface area (Å²) in [6.45, 7) is 3.38. The first-order valence-corrected chi connectivity index (χ1v) is 4.60. The maximum Gasteiger partial charge on any atom is 0.0558 e. The standard InChI is InChI=1S/C9H19NO/c1-3-8-4-5-9(8)10(2)6-7-11/h8-9,11H,3-7H2,1-2H3. The zero-order valence-corrected chi connectivity index (χ0v) is 7.58. The van der Waals surface area contributed by atoms with Gasteiger partial charge in [-0.1, -0.05) is 13.3 Å². The van der Waals surface area contributed by atoms with Gasteiger partial charge < -0.3 is 10.0 Å². The van der Waals surface area contributed by atoms with Crippen LogP contribution in [0.1, 0.15) is 26.2 Å². The van der Waals surface area contributed by atoms with Crippen LogP contribution in [-0.4, -0.2) is 36.2 Å². The molecule has 0 aliphatic heterocycles. The number of aliphatic hydroxyl groups is 1. The van der Waals surface area contributed by atoms with Crippen molar-refractivity contribution in [2.45, 2.75) is 32.2 Å². The molecule has 2 nitrogen and oxygen atoms in total. The lowest BCUT2D eigenvalue weighted by atomic mass is 9.77. The maximum absolute atomic E-state index is 8.72. The number of nitrogens with zero attached hydrogens (tertiary/aromatic N) is 1. The van der Waals surface area contributed by atoms with Crippen molar-refractivity contribution in [1.29, 1.82) is 0 Å². The third-order valence-electron chi connectivity index (χ3n) is 2.92. The Bertz CT molecular complexity index is 114. The van der Waals surface area contributed by atoms with Gasteiger partial charge in [0.05, 0.1) is 6.61 Å². The molecule has 0 aromatic carbocycles. The molecule has 0 saturated heterocycles. The molecule has 0 heterocycles. The van der Waals surface area contributed by atoms with Crippen molar-refractivity contribution in [3.8, 4) is 0 Å². The van der Waals surface area contributed by atoms with E-state index < -0.39 is 0 Å². The minimum Gasteiger partial charge on any atom is -0.395 e. The molecule has 0 aromatic heterocycles. The Morgan fingerprint density at radius 3 is 2.55 bits per heavy atom. The van der Waals surface area contributed by atoms with Crippen LogP contribution in [0.2, 0.25) is 0 Å². The highest BCUT2D eigenvalue weighted by atomic mass is 16.3. The Morgan fingerprint density at radius 1 is 1.45 bits per heavy atom. The molecule has 0 bridgehead atoms. The van der Waals surface area contributed by atoms with Gasteiger partial charge in [0.15, 0.2) is 0 Å². The van der Waals surface area contributed by atoms with Gasteiger partial charge in [-0.25, -0.2) is 0 Å². The molecule has 1 N–H and O–H groups in total. The summed E-state index contributed by atoms with van der Waals surface area (Å²) in [5, 5.41) is 8.72. The van der Waals surface area contributed by atoms with Crippen LogP contribution in [0.4, 0.5) is 0 Å². The Hall–Kier alpha value is -0.0800. The van der Waals surface area contributed by atoms with E-state index in [1.807, 2.05) is 0 Å². The van der Waals surface area contributed by atoms with Gasteiger partial charge in [0.1, 0.15) is 0 Å². The smallest absolute Gasteiger partial charge is 0.0558 e. The van der Waals surface area contributed by atoms with Crippen molar-refractivity contribution in [2.24, 2.45) is 5.92 Å². The normalized spacial score (nSPS) is 30.5.